The van der Waals surface area contributed by atoms with Crippen molar-refractivity contribution in [1.29, 1.82) is 5.41 Å². The Morgan fingerprint density at radius 2 is 1.97 bits per heavy atom. The van der Waals surface area contributed by atoms with Gasteiger partial charge in [-0.05, 0) is 52.6 Å². The number of allylic oxidation sites excluding steroid dienone is 5. The number of terminal acetylenes is 1. The molecule has 2 N–H and O–H groups in total. The Morgan fingerprint density at radius 1 is 1.29 bits per heavy atom. The molecule has 0 aromatic carbocycles. The molecule has 1 aliphatic rings. The van der Waals surface area contributed by atoms with Crippen molar-refractivity contribution in [3.63, 3.8) is 0 Å². The van der Waals surface area contributed by atoms with Gasteiger partial charge in [-0.3, -0.25) is 4.99 Å². The lowest BCUT2D eigenvalue weighted by atomic mass is 10.1. The van der Waals surface area contributed by atoms with Gasteiger partial charge in [0.1, 0.15) is 4.83 Å². The predicted molar refractivity (Wildman–Crippen MR) is 139 cm³/mol. The minimum atomic E-state index is 0.710. The van der Waals surface area contributed by atoms with Crippen molar-refractivity contribution in [1.82, 2.24) is 15.2 Å². The highest BCUT2D eigenvalue weighted by atomic mass is 32.1. The Kier molecular flexibility index (Phi) is 11.8. The quantitative estimate of drug-likeness (QED) is 0.517. The smallest absolute Gasteiger partial charge is 0.124 e. The molecule has 5 nitrogen and oxygen atoms in total. The van der Waals surface area contributed by atoms with Crippen molar-refractivity contribution in [3.8, 4) is 12.3 Å². The van der Waals surface area contributed by atoms with E-state index < -0.39 is 0 Å². The fourth-order valence-electron chi connectivity index (χ4n) is 2.69. The summed E-state index contributed by atoms with van der Waals surface area (Å²) in [5, 5.41) is 11.4. The molecule has 31 heavy (non-hydrogen) atoms. The van der Waals surface area contributed by atoms with E-state index in [2.05, 4.69) is 65.9 Å². The Bertz CT molecular complexity index is 1020. The van der Waals surface area contributed by atoms with Gasteiger partial charge >= 0.3 is 0 Å². The van der Waals surface area contributed by atoms with Crippen LogP contribution in [0, 0.1) is 17.8 Å². The molecule has 0 amide bonds. The molecule has 0 unspecified atom stereocenters. The molecule has 0 spiro atoms. The molecule has 2 aromatic rings. The molecular weight excluding hydrogens is 402 g/mol. The van der Waals surface area contributed by atoms with E-state index in [9.17, 15) is 0 Å². The topological polar surface area (TPSA) is 64.4 Å². The predicted octanol–water partition coefficient (Wildman–Crippen LogP) is 5.13. The maximum absolute atomic E-state index is 7.50. The van der Waals surface area contributed by atoms with E-state index in [1.807, 2.05) is 39.4 Å². The summed E-state index contributed by atoms with van der Waals surface area (Å²) in [4.78, 5) is 13.6. The van der Waals surface area contributed by atoms with E-state index in [0.29, 0.717) is 6.54 Å². The average Bonchev–Trinajstić information content (AvgIpc) is 3.13. The lowest BCUT2D eigenvalue weighted by Crippen LogP contribution is -2.14. The molecule has 0 saturated carbocycles. The third-order valence-corrected chi connectivity index (χ3v) is 5.27. The van der Waals surface area contributed by atoms with Crippen LogP contribution in [0.3, 0.4) is 0 Å². The highest BCUT2D eigenvalue weighted by Gasteiger charge is 2.10. The number of nitrogens with zero attached hydrogens (tertiary/aromatic N) is 3. The Morgan fingerprint density at radius 3 is 2.55 bits per heavy atom. The van der Waals surface area contributed by atoms with E-state index >= 15 is 0 Å². The van der Waals surface area contributed by atoms with Crippen LogP contribution in [0.2, 0.25) is 0 Å². The summed E-state index contributed by atoms with van der Waals surface area (Å²) in [5.41, 5.74) is 4.07. The largest absolute Gasteiger partial charge is 0.380 e. The minimum absolute atomic E-state index is 0.710. The summed E-state index contributed by atoms with van der Waals surface area (Å²) in [5.74, 6) is 2.25. The summed E-state index contributed by atoms with van der Waals surface area (Å²) in [6, 6.07) is 6.23. The molecule has 3 rings (SSSR count). The summed E-state index contributed by atoms with van der Waals surface area (Å²) >= 11 is 1.68. The van der Waals surface area contributed by atoms with Gasteiger partial charge in [-0.15, -0.1) is 23.7 Å². The van der Waals surface area contributed by atoms with Gasteiger partial charge in [-0.25, -0.2) is 4.98 Å². The molecule has 2 aromatic heterocycles. The Hall–Kier alpha value is -3.01. The third-order valence-electron chi connectivity index (χ3n) is 4.18. The van der Waals surface area contributed by atoms with Crippen LogP contribution in [0.15, 0.2) is 47.1 Å². The van der Waals surface area contributed by atoms with Gasteiger partial charge in [0, 0.05) is 53.6 Å². The molecule has 0 radical (unpaired) electrons. The van der Waals surface area contributed by atoms with Crippen LogP contribution < -0.4 is 5.32 Å². The molecule has 0 saturated heterocycles. The molecule has 1 aliphatic heterocycles. The zero-order valence-electron chi connectivity index (χ0n) is 19.4. The van der Waals surface area contributed by atoms with Crippen LogP contribution in [-0.2, 0) is 0 Å². The second-order valence-corrected chi connectivity index (χ2v) is 7.86. The zero-order chi connectivity index (χ0) is 23.2. The average molecular weight is 436 g/mol. The Balaban J connectivity index is 0.000000720. The highest BCUT2D eigenvalue weighted by Crippen LogP contribution is 2.30. The second-order valence-electron chi connectivity index (χ2n) is 6.83. The number of likely N-dealkylation sites (N-methyl/N-ethyl adjacent to an activating group) is 1. The van der Waals surface area contributed by atoms with Crippen LogP contribution in [0.1, 0.15) is 30.8 Å². The van der Waals surface area contributed by atoms with Crippen LogP contribution in [0.25, 0.3) is 21.4 Å². The first-order valence-corrected chi connectivity index (χ1v) is 10.9. The molecule has 3 heterocycles. The van der Waals surface area contributed by atoms with Crippen molar-refractivity contribution in [2.24, 2.45) is 4.99 Å². The lowest BCUT2D eigenvalue weighted by molar-refractivity contribution is 0.501. The molecule has 0 bridgehead atoms. The van der Waals surface area contributed by atoms with Gasteiger partial charge in [0.25, 0.3) is 0 Å². The molecule has 164 valence electrons. The first-order valence-electron chi connectivity index (χ1n) is 10.1. The number of hydrogen-bond donors (Lipinski definition) is 2. The monoisotopic (exact) mass is 435 g/mol. The lowest BCUT2D eigenvalue weighted by Gasteiger charge is -2.16. The fraction of sp³-hybridized carbons (Fsp3) is 0.320. The van der Waals surface area contributed by atoms with Gasteiger partial charge in [-0.2, -0.15) is 0 Å². The van der Waals surface area contributed by atoms with Gasteiger partial charge in [-0.1, -0.05) is 18.2 Å². The first kappa shape index (κ1) is 26.0. The van der Waals surface area contributed by atoms with Crippen molar-refractivity contribution < 1.29 is 0 Å². The SMILES string of the molecule is C#CC.C/C=C(\C=N)c1ccc2cc(/C3=C/CC=C(N(C)C)CN=C3)sc2n1.CNC. The maximum Gasteiger partial charge on any atom is 0.124 e. The molecule has 0 fully saturated rings. The van der Waals surface area contributed by atoms with Crippen LogP contribution >= 0.6 is 11.3 Å². The van der Waals surface area contributed by atoms with E-state index in [1.54, 1.807) is 18.3 Å². The van der Waals surface area contributed by atoms with Crippen molar-refractivity contribution >= 4 is 45.1 Å². The normalized spacial score (nSPS) is 14.9. The standard InChI is InChI=1S/C20H22N4S.C3H4.C2H7N/c1-4-14(11-21)18-9-8-15-10-19(25-20(15)23-18)16-6-5-7-17(24(2)3)13-22-12-16;2*1-3-2/h4,6-12,21H,5,13H2,1-3H3;1H,2H3;3H,1-2H3/b14-4+,16-6+,17-7?,21-11?,22-12?;;. The fourth-order valence-corrected chi connectivity index (χ4v) is 3.73. The highest BCUT2D eigenvalue weighted by molar-refractivity contribution is 7.19. The first-order chi connectivity index (χ1) is 14.9. The molecule has 0 aliphatic carbocycles. The summed E-state index contributed by atoms with van der Waals surface area (Å²) in [6.07, 6.45) is 15.2. The van der Waals surface area contributed by atoms with Gasteiger partial charge < -0.3 is 15.6 Å². The van der Waals surface area contributed by atoms with Gasteiger partial charge in [0.05, 0.1) is 12.2 Å². The van der Waals surface area contributed by atoms with E-state index in [1.165, 1.54) is 16.8 Å². The van der Waals surface area contributed by atoms with Gasteiger partial charge in [0.2, 0.25) is 0 Å². The molecular formula is C25H33N5S. The number of aliphatic imine (C=N–C) groups is 1. The number of thiophene rings is 1. The van der Waals surface area contributed by atoms with E-state index in [0.717, 1.165) is 33.5 Å². The maximum atomic E-state index is 7.50. The second kappa shape index (κ2) is 14.1. The molecule has 0 atom stereocenters. The van der Waals surface area contributed by atoms with Crippen molar-refractivity contribution in [2.45, 2.75) is 20.3 Å². The number of aromatic nitrogens is 1. The van der Waals surface area contributed by atoms with E-state index in [-0.39, 0.29) is 0 Å². The van der Waals surface area contributed by atoms with Crippen LogP contribution in [-0.4, -0.2) is 57.0 Å². The van der Waals surface area contributed by atoms with Gasteiger partial charge in [0.15, 0.2) is 0 Å². The summed E-state index contributed by atoms with van der Waals surface area (Å²) in [7, 11) is 7.85. The number of nitrogens with one attached hydrogen (secondary N) is 2. The van der Waals surface area contributed by atoms with Crippen LogP contribution in [0.4, 0.5) is 0 Å². The summed E-state index contributed by atoms with van der Waals surface area (Å²) < 4.78 is 0. The van der Waals surface area contributed by atoms with Crippen LogP contribution in [0.5, 0.6) is 0 Å². The van der Waals surface area contributed by atoms with E-state index in [4.69, 9.17) is 10.4 Å². The third kappa shape index (κ3) is 7.97. The van der Waals surface area contributed by atoms with Crippen molar-refractivity contribution in [3.05, 3.63) is 52.7 Å². The summed E-state index contributed by atoms with van der Waals surface area (Å²) in [6.45, 7) is 4.29. The van der Waals surface area contributed by atoms with Crippen molar-refractivity contribution in [2.75, 3.05) is 34.7 Å². The number of fused-ring (bicyclic) bond motifs is 1. The number of hydrogen-bond acceptors (Lipinski definition) is 6. The Labute approximate surface area is 190 Å². The number of pyridine rings is 1. The zero-order valence-corrected chi connectivity index (χ0v) is 20.2. The minimum Gasteiger partial charge on any atom is -0.380 e. The molecule has 6 heteroatoms. The number of rotatable bonds is 4.